The van der Waals surface area contributed by atoms with Gasteiger partial charge in [-0.25, -0.2) is 9.79 Å². The van der Waals surface area contributed by atoms with Gasteiger partial charge in [-0.15, -0.1) is 11.3 Å². The van der Waals surface area contributed by atoms with E-state index < -0.39 is 12.0 Å². The maximum Gasteiger partial charge on any atom is 0.338 e. The van der Waals surface area contributed by atoms with Crippen molar-refractivity contribution in [1.29, 1.82) is 0 Å². The van der Waals surface area contributed by atoms with Crippen LogP contribution in [-0.4, -0.2) is 30.9 Å². The number of hydrogen-bond acceptors (Lipinski definition) is 8. The molecule has 0 spiro atoms. The molecule has 1 aliphatic rings. The molecule has 0 saturated heterocycles. The molecule has 0 fully saturated rings. The molecule has 1 atom stereocenters. The van der Waals surface area contributed by atoms with Crippen molar-refractivity contribution in [3.63, 3.8) is 0 Å². The highest BCUT2D eigenvalue weighted by atomic mass is 32.1. The number of fused-ring (bicyclic) bond motifs is 1. The molecule has 0 radical (unpaired) electrons. The average Bonchev–Trinajstić information content (AvgIpc) is 3.35. The summed E-state index contributed by atoms with van der Waals surface area (Å²) in [6.45, 7) is 8.00. The molecule has 4 rings (SSSR count). The lowest BCUT2D eigenvalue weighted by molar-refractivity contribution is -0.139. The highest BCUT2D eigenvalue weighted by Gasteiger charge is 2.35. The minimum Gasteiger partial charge on any atom is -0.493 e. The number of benzene rings is 1. The molecule has 0 bridgehead atoms. The van der Waals surface area contributed by atoms with Gasteiger partial charge in [0.05, 0.1) is 36.1 Å². The number of para-hydroxylation sites is 1. The summed E-state index contributed by atoms with van der Waals surface area (Å²) in [5, 5.41) is 1.99. The molecule has 7 nitrogen and oxygen atoms in total. The van der Waals surface area contributed by atoms with E-state index >= 15 is 0 Å². The van der Waals surface area contributed by atoms with Crippen molar-refractivity contribution in [1.82, 2.24) is 4.57 Å². The first-order valence-corrected chi connectivity index (χ1v) is 12.6. The van der Waals surface area contributed by atoms with Crippen molar-refractivity contribution < 1.29 is 19.0 Å². The average molecular weight is 499 g/mol. The van der Waals surface area contributed by atoms with Gasteiger partial charge < -0.3 is 14.2 Å². The molecule has 34 heavy (non-hydrogen) atoms. The van der Waals surface area contributed by atoms with Crippen LogP contribution in [0.15, 0.2) is 50.7 Å². The number of methoxy groups -OCH3 is 1. The lowest BCUT2D eigenvalue weighted by Crippen LogP contribution is -2.40. The van der Waals surface area contributed by atoms with Gasteiger partial charge in [-0.05, 0) is 56.8 Å². The molecule has 1 unspecified atom stereocenters. The predicted octanol–water partition coefficient (Wildman–Crippen LogP) is 3.58. The molecule has 178 valence electrons. The van der Waals surface area contributed by atoms with Gasteiger partial charge in [0.2, 0.25) is 0 Å². The SMILES string of the molecule is CCOC(=O)C1=C(C)N=c2s/c(=C/c3sccc3C)c(=O)n2C1c1cccc(OC)c1OCC. The van der Waals surface area contributed by atoms with Crippen molar-refractivity contribution in [3.8, 4) is 11.5 Å². The van der Waals surface area contributed by atoms with Crippen LogP contribution in [0.25, 0.3) is 6.08 Å². The van der Waals surface area contributed by atoms with Gasteiger partial charge in [-0.1, -0.05) is 23.5 Å². The van der Waals surface area contributed by atoms with Crippen LogP contribution in [0.3, 0.4) is 0 Å². The lowest BCUT2D eigenvalue weighted by Gasteiger charge is -2.26. The largest absolute Gasteiger partial charge is 0.493 e. The number of esters is 1. The zero-order valence-electron chi connectivity index (χ0n) is 19.7. The molecule has 1 aromatic carbocycles. The smallest absolute Gasteiger partial charge is 0.338 e. The van der Waals surface area contributed by atoms with Crippen LogP contribution in [0.5, 0.6) is 11.5 Å². The van der Waals surface area contributed by atoms with Crippen molar-refractivity contribution in [2.75, 3.05) is 20.3 Å². The summed E-state index contributed by atoms with van der Waals surface area (Å²) in [5.74, 6) is 0.494. The Hall–Kier alpha value is -3.17. The fraction of sp³-hybridized carbons (Fsp3) is 0.320. The van der Waals surface area contributed by atoms with Gasteiger partial charge >= 0.3 is 5.97 Å². The molecule has 0 aliphatic carbocycles. The summed E-state index contributed by atoms with van der Waals surface area (Å²) in [6, 6.07) is 6.71. The molecule has 0 saturated carbocycles. The molecule has 9 heteroatoms. The highest BCUT2D eigenvalue weighted by Crippen LogP contribution is 2.40. The van der Waals surface area contributed by atoms with Crippen LogP contribution in [-0.2, 0) is 9.53 Å². The van der Waals surface area contributed by atoms with Crippen LogP contribution in [0.4, 0.5) is 0 Å². The molecule has 3 aromatic rings. The van der Waals surface area contributed by atoms with Crippen LogP contribution in [0.1, 0.15) is 42.8 Å². The number of aryl methyl sites for hydroxylation is 1. The number of nitrogens with zero attached hydrogens (tertiary/aromatic N) is 2. The van der Waals surface area contributed by atoms with E-state index in [4.69, 9.17) is 14.2 Å². The van der Waals surface area contributed by atoms with E-state index in [9.17, 15) is 9.59 Å². The van der Waals surface area contributed by atoms with Gasteiger partial charge in [0.1, 0.15) is 6.04 Å². The standard InChI is InChI=1S/C25H26N2O5S2/c1-6-31-22-16(9-8-10-17(22)30-5)21-20(24(29)32-7-2)15(4)26-25-27(21)23(28)19(34-25)13-18-14(3)11-12-33-18/h8-13,21H,6-7H2,1-5H3/b19-13+. The topological polar surface area (TPSA) is 79.1 Å². The van der Waals surface area contributed by atoms with E-state index in [1.54, 1.807) is 42.9 Å². The summed E-state index contributed by atoms with van der Waals surface area (Å²) in [6.07, 6.45) is 1.89. The van der Waals surface area contributed by atoms with Crippen LogP contribution in [0.2, 0.25) is 0 Å². The molecule has 0 N–H and O–H groups in total. The second-order valence-corrected chi connectivity index (χ2v) is 9.54. The Morgan fingerprint density at radius 1 is 1.21 bits per heavy atom. The fourth-order valence-electron chi connectivity index (χ4n) is 3.94. The summed E-state index contributed by atoms with van der Waals surface area (Å²) < 4.78 is 19.0. The maximum absolute atomic E-state index is 13.7. The first-order valence-electron chi connectivity index (χ1n) is 10.9. The molecular formula is C25H26N2O5S2. The number of carbonyl (C=O) groups is 1. The van der Waals surface area contributed by atoms with Gasteiger partial charge in [0.15, 0.2) is 16.3 Å². The third-order valence-electron chi connectivity index (χ3n) is 5.49. The Balaban J connectivity index is 2.03. The van der Waals surface area contributed by atoms with Gasteiger partial charge in [-0.3, -0.25) is 9.36 Å². The second-order valence-electron chi connectivity index (χ2n) is 7.58. The van der Waals surface area contributed by atoms with E-state index in [2.05, 4.69) is 4.99 Å². The lowest BCUT2D eigenvalue weighted by atomic mass is 9.94. The third-order valence-corrected chi connectivity index (χ3v) is 7.44. The Kier molecular flexibility index (Phi) is 7.04. The number of thiophene rings is 1. The van der Waals surface area contributed by atoms with Crippen molar-refractivity contribution in [3.05, 3.63) is 76.6 Å². The Bertz CT molecular complexity index is 1440. The Labute approximate surface area is 205 Å². The van der Waals surface area contributed by atoms with Crippen molar-refractivity contribution in [2.45, 2.75) is 33.7 Å². The third kappa shape index (κ3) is 4.21. The van der Waals surface area contributed by atoms with E-state index in [0.29, 0.717) is 44.3 Å². The van der Waals surface area contributed by atoms with E-state index in [1.165, 1.54) is 11.3 Å². The monoisotopic (exact) mass is 498 g/mol. The van der Waals surface area contributed by atoms with Crippen LogP contribution in [0, 0.1) is 6.92 Å². The first-order chi connectivity index (χ1) is 16.4. The Morgan fingerprint density at radius 2 is 2.00 bits per heavy atom. The van der Waals surface area contributed by atoms with Crippen molar-refractivity contribution >= 4 is 34.7 Å². The van der Waals surface area contributed by atoms with Gasteiger partial charge in [0.25, 0.3) is 5.56 Å². The minimum atomic E-state index is -0.765. The number of aromatic nitrogens is 1. The van der Waals surface area contributed by atoms with E-state index in [1.807, 2.05) is 43.5 Å². The Morgan fingerprint density at radius 3 is 2.65 bits per heavy atom. The molecule has 0 amide bonds. The number of thiazole rings is 1. The number of allylic oxidation sites excluding steroid dienone is 1. The summed E-state index contributed by atoms with van der Waals surface area (Å²) in [7, 11) is 1.56. The van der Waals surface area contributed by atoms with E-state index in [0.717, 1.165) is 10.4 Å². The number of ether oxygens (including phenoxy) is 3. The summed E-state index contributed by atoms with van der Waals surface area (Å²) in [4.78, 5) is 33.0. The maximum atomic E-state index is 13.7. The second kappa shape index (κ2) is 9.99. The number of rotatable bonds is 7. The summed E-state index contributed by atoms with van der Waals surface area (Å²) >= 11 is 2.88. The van der Waals surface area contributed by atoms with Crippen LogP contribution >= 0.6 is 22.7 Å². The number of hydrogen-bond donors (Lipinski definition) is 0. The quantitative estimate of drug-likeness (QED) is 0.466. The molecule has 3 heterocycles. The zero-order valence-corrected chi connectivity index (χ0v) is 21.3. The van der Waals surface area contributed by atoms with Crippen molar-refractivity contribution in [2.24, 2.45) is 4.99 Å². The van der Waals surface area contributed by atoms with E-state index in [-0.39, 0.29) is 12.2 Å². The van der Waals surface area contributed by atoms with Gasteiger partial charge in [0, 0.05) is 10.4 Å². The number of carbonyl (C=O) groups excluding carboxylic acids is 1. The molecule has 2 aromatic heterocycles. The minimum absolute atomic E-state index is 0.209. The highest BCUT2D eigenvalue weighted by molar-refractivity contribution is 7.11. The molecular weight excluding hydrogens is 472 g/mol. The predicted molar refractivity (Wildman–Crippen MR) is 134 cm³/mol. The normalized spacial score (nSPS) is 15.7. The first kappa shape index (κ1) is 24.0. The van der Waals surface area contributed by atoms with Crippen LogP contribution < -0.4 is 24.4 Å². The zero-order chi connectivity index (χ0) is 24.4. The van der Waals surface area contributed by atoms with Gasteiger partial charge in [-0.2, -0.15) is 0 Å². The molecule has 1 aliphatic heterocycles. The summed E-state index contributed by atoms with van der Waals surface area (Å²) in [5.41, 5.74) is 2.33. The fourth-order valence-corrected chi connectivity index (χ4v) is 5.91.